The zero-order chi connectivity index (χ0) is 32.2. The standard InChI is InChI=1S/C31H35ClF4N8O2/c1-45-42-18-4-8-43(9-5-18)15-30(6-7-30)16-46-29-40-27-22(28(41-29)44-13-19-2-3-20(14-44)39-19)12-38-26(25(27)33)21-10-17(37)11-23(32)24(21)31(34,35)36/h10-12,19-20,39H,2-9,13-16,37H2,1H3/t19-,20+. The number of oxime groups is 1. The third-order valence-corrected chi connectivity index (χ3v) is 9.79. The summed E-state index contributed by atoms with van der Waals surface area (Å²) in [5, 5.41) is 7.31. The second-order valence-corrected chi connectivity index (χ2v) is 13.3. The summed E-state index contributed by atoms with van der Waals surface area (Å²) in [6.45, 7) is 4.21. The number of anilines is 2. The molecule has 7 rings (SSSR count). The minimum Gasteiger partial charge on any atom is -0.463 e. The molecule has 1 aliphatic carbocycles. The molecule has 0 radical (unpaired) electrons. The fourth-order valence-electron chi connectivity index (χ4n) is 6.99. The van der Waals surface area contributed by atoms with Crippen molar-refractivity contribution in [3.05, 3.63) is 34.7 Å². The van der Waals surface area contributed by atoms with Gasteiger partial charge in [-0.25, -0.2) is 4.39 Å². The van der Waals surface area contributed by atoms with Crippen molar-refractivity contribution in [3.63, 3.8) is 0 Å². The van der Waals surface area contributed by atoms with E-state index in [1.165, 1.54) is 6.20 Å². The number of alkyl halides is 3. The van der Waals surface area contributed by atoms with Gasteiger partial charge >= 0.3 is 12.2 Å². The molecule has 10 nitrogen and oxygen atoms in total. The number of hydrogen-bond donors (Lipinski definition) is 2. The van der Waals surface area contributed by atoms with E-state index < -0.39 is 33.8 Å². The normalized spacial score (nSPS) is 22.7. The minimum atomic E-state index is -4.88. The highest BCUT2D eigenvalue weighted by atomic mass is 35.5. The van der Waals surface area contributed by atoms with Gasteiger partial charge in [0.15, 0.2) is 5.82 Å². The molecule has 1 aromatic carbocycles. The quantitative estimate of drug-likeness (QED) is 0.189. The van der Waals surface area contributed by atoms with Crippen LogP contribution in [0, 0.1) is 11.2 Å². The zero-order valence-electron chi connectivity index (χ0n) is 25.3. The van der Waals surface area contributed by atoms with Gasteiger partial charge in [-0.2, -0.15) is 23.1 Å². The van der Waals surface area contributed by atoms with E-state index in [1.807, 2.05) is 0 Å². The molecule has 3 aliphatic heterocycles. The number of nitrogens with one attached hydrogen (secondary N) is 1. The van der Waals surface area contributed by atoms with Crippen molar-refractivity contribution in [2.75, 3.05) is 57.1 Å². The van der Waals surface area contributed by atoms with Crippen LogP contribution in [0.2, 0.25) is 5.02 Å². The van der Waals surface area contributed by atoms with Crippen LogP contribution in [0.4, 0.5) is 29.1 Å². The van der Waals surface area contributed by atoms with E-state index in [2.05, 4.69) is 30.2 Å². The van der Waals surface area contributed by atoms with E-state index >= 15 is 4.39 Å². The van der Waals surface area contributed by atoms with Gasteiger partial charge in [-0.1, -0.05) is 16.8 Å². The molecule has 15 heteroatoms. The molecule has 5 heterocycles. The second kappa shape index (κ2) is 11.9. The average Bonchev–Trinajstić information content (AvgIpc) is 3.69. The van der Waals surface area contributed by atoms with Crippen LogP contribution < -0.4 is 20.7 Å². The minimum absolute atomic E-state index is 0.0227. The average molecular weight is 663 g/mol. The van der Waals surface area contributed by atoms with Crippen molar-refractivity contribution in [3.8, 4) is 17.3 Å². The largest absolute Gasteiger partial charge is 0.463 e. The lowest BCUT2D eigenvalue weighted by Crippen LogP contribution is -2.51. The van der Waals surface area contributed by atoms with Gasteiger partial charge in [0.2, 0.25) is 0 Å². The van der Waals surface area contributed by atoms with Gasteiger partial charge < -0.3 is 30.4 Å². The first-order valence-electron chi connectivity index (χ1n) is 15.5. The monoisotopic (exact) mass is 662 g/mol. The number of pyridine rings is 1. The van der Waals surface area contributed by atoms with Crippen LogP contribution in [0.15, 0.2) is 23.5 Å². The number of halogens is 5. The van der Waals surface area contributed by atoms with Crippen molar-refractivity contribution in [1.82, 2.24) is 25.2 Å². The smallest absolute Gasteiger partial charge is 0.418 e. The summed E-state index contributed by atoms with van der Waals surface area (Å²) in [6.07, 6.45) is 2.12. The van der Waals surface area contributed by atoms with E-state index in [1.54, 1.807) is 7.11 Å². The molecule has 3 aromatic rings. The maximum Gasteiger partial charge on any atom is 0.418 e. The van der Waals surface area contributed by atoms with Crippen molar-refractivity contribution < 1.29 is 27.1 Å². The number of rotatable bonds is 8. The number of aromatic nitrogens is 3. The van der Waals surface area contributed by atoms with E-state index in [-0.39, 0.29) is 34.7 Å². The summed E-state index contributed by atoms with van der Waals surface area (Å²) >= 11 is 5.98. The molecule has 4 aliphatic rings. The molecule has 0 amide bonds. The Morgan fingerprint density at radius 2 is 1.85 bits per heavy atom. The number of likely N-dealkylation sites (tertiary alicyclic amines) is 1. The highest BCUT2D eigenvalue weighted by Crippen LogP contribution is 2.47. The van der Waals surface area contributed by atoms with Gasteiger partial charge in [-0.15, -0.1) is 0 Å². The van der Waals surface area contributed by atoms with Crippen molar-refractivity contribution in [2.24, 2.45) is 10.6 Å². The highest BCUT2D eigenvalue weighted by Gasteiger charge is 2.45. The summed E-state index contributed by atoms with van der Waals surface area (Å²) in [6, 6.07) is 2.50. The lowest BCUT2D eigenvalue weighted by molar-refractivity contribution is -0.137. The first-order valence-corrected chi connectivity index (χ1v) is 15.9. The molecule has 2 bridgehead atoms. The Hall–Kier alpha value is -3.49. The molecule has 2 aromatic heterocycles. The van der Waals surface area contributed by atoms with Gasteiger partial charge in [0, 0.05) is 80.5 Å². The number of nitrogens with zero attached hydrogens (tertiary/aromatic N) is 6. The lowest BCUT2D eigenvalue weighted by atomic mass is 10.0. The van der Waals surface area contributed by atoms with E-state index in [4.69, 9.17) is 31.9 Å². The van der Waals surface area contributed by atoms with Crippen molar-refractivity contribution in [1.29, 1.82) is 0 Å². The number of piperazine rings is 1. The van der Waals surface area contributed by atoms with Crippen molar-refractivity contribution >= 4 is 39.7 Å². The Bertz CT molecular complexity index is 1660. The molecule has 3 N–H and O–H groups in total. The van der Waals surface area contributed by atoms with Crippen LogP contribution in [0.5, 0.6) is 6.01 Å². The maximum atomic E-state index is 16.4. The van der Waals surface area contributed by atoms with Crippen LogP contribution in [0.1, 0.15) is 44.1 Å². The molecule has 3 saturated heterocycles. The highest BCUT2D eigenvalue weighted by molar-refractivity contribution is 6.32. The molecule has 0 unspecified atom stereocenters. The predicted octanol–water partition coefficient (Wildman–Crippen LogP) is 5.28. The topological polar surface area (TPSA) is 114 Å². The number of nitrogen functional groups attached to an aromatic ring is 1. The maximum absolute atomic E-state index is 16.4. The summed E-state index contributed by atoms with van der Waals surface area (Å²) in [5.41, 5.74) is 4.27. The van der Waals surface area contributed by atoms with Crippen LogP contribution in [0.3, 0.4) is 0 Å². The zero-order valence-corrected chi connectivity index (χ0v) is 26.1. The van der Waals surface area contributed by atoms with Crippen LogP contribution >= 0.6 is 11.6 Å². The molecule has 2 atom stereocenters. The molecule has 46 heavy (non-hydrogen) atoms. The van der Waals surface area contributed by atoms with E-state index in [0.717, 1.165) is 76.0 Å². The molecular weight excluding hydrogens is 628 g/mol. The first kappa shape index (κ1) is 31.1. The number of nitrogens with two attached hydrogens (primary N) is 1. The summed E-state index contributed by atoms with van der Waals surface area (Å²) in [4.78, 5) is 22.7. The fraction of sp³-hybridized carbons (Fsp3) is 0.548. The van der Waals surface area contributed by atoms with Crippen LogP contribution in [-0.2, 0) is 11.0 Å². The Morgan fingerprint density at radius 3 is 2.50 bits per heavy atom. The second-order valence-electron chi connectivity index (χ2n) is 12.9. The first-order chi connectivity index (χ1) is 22.0. The number of benzene rings is 1. The van der Waals surface area contributed by atoms with Gasteiger partial charge in [0.05, 0.1) is 28.3 Å². The van der Waals surface area contributed by atoms with Gasteiger partial charge in [-0.3, -0.25) is 4.98 Å². The SMILES string of the molecule is CON=C1CCN(CC2(COc3nc(N4C[C@H]5CC[C@@H](C4)N5)c4cnc(-c5cc(N)cc(Cl)c5C(F)(F)F)c(F)c4n3)CC2)CC1. The van der Waals surface area contributed by atoms with Crippen LogP contribution in [-0.4, -0.2) is 84.1 Å². The Balaban J connectivity index is 1.23. The predicted molar refractivity (Wildman–Crippen MR) is 167 cm³/mol. The Kier molecular flexibility index (Phi) is 8.08. The molecule has 4 fully saturated rings. The number of fused-ring (bicyclic) bond motifs is 3. The molecule has 0 spiro atoms. The summed E-state index contributed by atoms with van der Waals surface area (Å²) in [5.74, 6) is -0.580. The van der Waals surface area contributed by atoms with Crippen LogP contribution in [0.25, 0.3) is 22.2 Å². The number of ether oxygens (including phenoxy) is 1. The van der Waals surface area contributed by atoms with Gasteiger partial charge in [-0.05, 0) is 37.8 Å². The Labute approximate surface area is 268 Å². The van der Waals surface area contributed by atoms with E-state index in [9.17, 15) is 13.2 Å². The van der Waals surface area contributed by atoms with Crippen molar-refractivity contribution in [2.45, 2.75) is 56.8 Å². The molecule has 246 valence electrons. The summed E-state index contributed by atoms with van der Waals surface area (Å²) < 4.78 is 65.0. The number of hydrogen-bond acceptors (Lipinski definition) is 10. The number of piperidine rings is 1. The van der Waals surface area contributed by atoms with Gasteiger partial charge in [0.1, 0.15) is 24.1 Å². The Morgan fingerprint density at radius 1 is 1.13 bits per heavy atom. The fourth-order valence-corrected chi connectivity index (χ4v) is 7.33. The summed E-state index contributed by atoms with van der Waals surface area (Å²) in [7, 11) is 1.55. The molecule has 1 saturated carbocycles. The lowest BCUT2D eigenvalue weighted by Gasteiger charge is -2.34. The third-order valence-electron chi connectivity index (χ3n) is 9.49. The van der Waals surface area contributed by atoms with Gasteiger partial charge in [0.25, 0.3) is 0 Å². The molecular formula is C31H35ClF4N8O2. The third kappa shape index (κ3) is 6.14. The van der Waals surface area contributed by atoms with E-state index in [0.29, 0.717) is 30.9 Å².